The zero-order chi connectivity index (χ0) is 12.3. The minimum atomic E-state index is -1.15. The monoisotopic (exact) mass is 385 g/mol. The molecule has 0 heterocycles. The lowest BCUT2D eigenvalue weighted by molar-refractivity contribution is 0.162. The molecule has 0 bridgehead atoms. The molecule has 0 radical (unpaired) electrons. The number of hydrogen-bond acceptors (Lipinski definition) is 2. The maximum absolute atomic E-state index is 10.1. The summed E-state index contributed by atoms with van der Waals surface area (Å²) in [5.41, 5.74) is 0.351. The highest BCUT2D eigenvalue weighted by atomic mass is 79.9. The van der Waals surface area contributed by atoms with E-state index in [0.717, 1.165) is 0 Å². The van der Waals surface area contributed by atoms with Crippen LogP contribution in [0.1, 0.15) is 11.7 Å². The summed E-state index contributed by atoms with van der Waals surface area (Å²) in [6.07, 6.45) is -1.11. The molecule has 2 nitrogen and oxygen atoms in total. The largest absolute Gasteiger partial charge is 0.386 e. The van der Waals surface area contributed by atoms with E-state index in [0.29, 0.717) is 15.6 Å². The van der Waals surface area contributed by atoms with Crippen molar-refractivity contribution in [3.05, 3.63) is 33.8 Å². The summed E-state index contributed by atoms with van der Waals surface area (Å²) in [6, 6.07) is 6.89. The van der Waals surface area contributed by atoms with Gasteiger partial charge in [-0.1, -0.05) is 61.1 Å². The molecular formula is C10H7Br2Cl2NO. The van der Waals surface area contributed by atoms with Gasteiger partial charge >= 0.3 is 0 Å². The highest BCUT2D eigenvalue weighted by molar-refractivity contribution is 9.12. The molecule has 0 aliphatic heterocycles. The second kappa shape index (κ2) is 5.70. The van der Waals surface area contributed by atoms with Gasteiger partial charge in [-0.3, -0.25) is 0 Å². The fourth-order valence-electron chi connectivity index (χ4n) is 1.16. The Balaban J connectivity index is 3.25. The second-order valence-corrected chi connectivity index (χ2v) is 5.94. The van der Waals surface area contributed by atoms with Crippen LogP contribution in [-0.2, 0) is 0 Å². The van der Waals surface area contributed by atoms with Crippen LogP contribution < -0.4 is 0 Å². The first kappa shape index (κ1) is 14.3. The average molecular weight is 388 g/mol. The SMILES string of the molecule is N#CC(Br)(CBr)C(O)c1c(Cl)cccc1Cl. The van der Waals surface area contributed by atoms with Crippen LogP contribution >= 0.6 is 55.1 Å². The van der Waals surface area contributed by atoms with Gasteiger partial charge in [-0.15, -0.1) is 0 Å². The Morgan fingerprint density at radius 3 is 2.31 bits per heavy atom. The van der Waals surface area contributed by atoms with Gasteiger partial charge in [0, 0.05) is 20.9 Å². The zero-order valence-corrected chi connectivity index (χ0v) is 12.6. The van der Waals surface area contributed by atoms with Crippen molar-refractivity contribution in [2.45, 2.75) is 10.4 Å². The minimum Gasteiger partial charge on any atom is -0.386 e. The summed E-state index contributed by atoms with van der Waals surface area (Å²) in [6.45, 7) is 0. The van der Waals surface area contributed by atoms with E-state index in [-0.39, 0.29) is 5.33 Å². The number of benzene rings is 1. The fraction of sp³-hybridized carbons (Fsp3) is 0.300. The molecule has 0 fully saturated rings. The first-order chi connectivity index (χ1) is 7.46. The predicted octanol–water partition coefficient (Wildman–Crippen LogP) is 4.08. The topological polar surface area (TPSA) is 44.0 Å². The van der Waals surface area contributed by atoms with Gasteiger partial charge in [-0.25, -0.2) is 0 Å². The zero-order valence-electron chi connectivity index (χ0n) is 7.92. The number of aliphatic hydroxyl groups is 1. The summed E-state index contributed by atoms with van der Waals surface area (Å²) in [5.74, 6) is 0. The van der Waals surface area contributed by atoms with Crippen LogP contribution in [0.5, 0.6) is 0 Å². The number of alkyl halides is 2. The van der Waals surface area contributed by atoms with Crippen LogP contribution in [0.3, 0.4) is 0 Å². The van der Waals surface area contributed by atoms with Gasteiger partial charge in [-0.05, 0) is 12.1 Å². The minimum absolute atomic E-state index is 0.249. The maximum atomic E-state index is 10.1. The lowest BCUT2D eigenvalue weighted by atomic mass is 9.98. The fourth-order valence-corrected chi connectivity index (χ4v) is 2.43. The standard InChI is InChI=1S/C10H7Br2Cl2NO/c11-4-10(12,5-15)9(16)8-6(13)2-1-3-7(8)14/h1-3,9,16H,4H2. The predicted molar refractivity (Wildman–Crippen MR) is 72.5 cm³/mol. The molecule has 0 aliphatic carbocycles. The van der Waals surface area contributed by atoms with Crippen molar-refractivity contribution in [1.29, 1.82) is 5.26 Å². The van der Waals surface area contributed by atoms with Crippen LogP contribution in [0, 0.1) is 11.3 Å². The van der Waals surface area contributed by atoms with Gasteiger partial charge in [0.25, 0.3) is 0 Å². The Labute approximate surface area is 120 Å². The molecular weight excluding hydrogens is 381 g/mol. The van der Waals surface area contributed by atoms with E-state index in [1.165, 1.54) is 0 Å². The van der Waals surface area contributed by atoms with Gasteiger partial charge in [0.2, 0.25) is 0 Å². The van der Waals surface area contributed by atoms with Gasteiger partial charge in [0.1, 0.15) is 6.10 Å². The Morgan fingerprint density at radius 2 is 1.94 bits per heavy atom. The summed E-state index contributed by atoms with van der Waals surface area (Å²) in [5, 5.41) is 20.1. The van der Waals surface area contributed by atoms with Crippen molar-refractivity contribution in [1.82, 2.24) is 0 Å². The summed E-state index contributed by atoms with van der Waals surface area (Å²) in [7, 11) is 0. The number of nitrogens with zero attached hydrogens (tertiary/aromatic N) is 1. The van der Waals surface area contributed by atoms with Gasteiger partial charge in [0.05, 0.1) is 6.07 Å². The molecule has 0 aromatic heterocycles. The number of hydrogen-bond donors (Lipinski definition) is 1. The molecule has 1 N–H and O–H groups in total. The van der Waals surface area contributed by atoms with Crippen LogP contribution in [0.4, 0.5) is 0 Å². The Morgan fingerprint density at radius 1 is 1.44 bits per heavy atom. The Bertz CT molecular complexity index is 415. The number of halogens is 4. The van der Waals surface area contributed by atoms with E-state index in [4.69, 9.17) is 28.5 Å². The van der Waals surface area contributed by atoms with Crippen LogP contribution in [-0.4, -0.2) is 14.8 Å². The summed E-state index contributed by atoms with van der Waals surface area (Å²) >= 11 is 18.3. The van der Waals surface area contributed by atoms with Gasteiger partial charge in [0.15, 0.2) is 4.32 Å². The molecule has 2 unspecified atom stereocenters. The van der Waals surface area contributed by atoms with E-state index in [2.05, 4.69) is 31.9 Å². The summed E-state index contributed by atoms with van der Waals surface area (Å²) in [4.78, 5) is 0. The number of aliphatic hydroxyl groups excluding tert-OH is 1. The molecule has 0 amide bonds. The Hall–Kier alpha value is 0.210. The van der Waals surface area contributed by atoms with Crippen LogP contribution in [0.25, 0.3) is 0 Å². The van der Waals surface area contributed by atoms with E-state index in [1.807, 2.05) is 6.07 Å². The molecule has 16 heavy (non-hydrogen) atoms. The van der Waals surface area contributed by atoms with Crippen molar-refractivity contribution in [2.24, 2.45) is 0 Å². The first-order valence-corrected chi connectivity index (χ1v) is 6.91. The third-order valence-corrected chi connectivity index (χ3v) is 5.27. The van der Waals surface area contributed by atoms with Crippen molar-refractivity contribution in [3.63, 3.8) is 0 Å². The number of rotatable bonds is 3. The highest BCUT2D eigenvalue weighted by Crippen LogP contribution is 2.40. The average Bonchev–Trinajstić information content (AvgIpc) is 2.27. The molecule has 1 aromatic rings. The van der Waals surface area contributed by atoms with E-state index >= 15 is 0 Å². The van der Waals surface area contributed by atoms with Gasteiger partial charge in [-0.2, -0.15) is 5.26 Å². The second-order valence-electron chi connectivity index (χ2n) is 3.15. The summed E-state index contributed by atoms with van der Waals surface area (Å²) < 4.78 is -1.15. The van der Waals surface area contributed by atoms with Crippen molar-refractivity contribution in [2.75, 3.05) is 5.33 Å². The lowest BCUT2D eigenvalue weighted by Gasteiger charge is -2.25. The molecule has 0 saturated heterocycles. The van der Waals surface area contributed by atoms with Gasteiger partial charge < -0.3 is 5.11 Å². The van der Waals surface area contributed by atoms with E-state index in [1.54, 1.807) is 18.2 Å². The molecule has 1 aromatic carbocycles. The lowest BCUT2D eigenvalue weighted by Crippen LogP contribution is -2.30. The third kappa shape index (κ3) is 2.72. The quantitative estimate of drug-likeness (QED) is 0.794. The van der Waals surface area contributed by atoms with Crippen molar-refractivity contribution < 1.29 is 5.11 Å². The smallest absolute Gasteiger partial charge is 0.151 e. The molecule has 86 valence electrons. The van der Waals surface area contributed by atoms with E-state index < -0.39 is 10.4 Å². The van der Waals surface area contributed by atoms with Crippen molar-refractivity contribution in [3.8, 4) is 6.07 Å². The maximum Gasteiger partial charge on any atom is 0.151 e. The highest BCUT2D eigenvalue weighted by Gasteiger charge is 2.37. The van der Waals surface area contributed by atoms with Crippen molar-refractivity contribution >= 4 is 55.1 Å². The molecule has 1 rings (SSSR count). The van der Waals surface area contributed by atoms with Crippen LogP contribution in [0.2, 0.25) is 10.0 Å². The molecule has 0 saturated carbocycles. The van der Waals surface area contributed by atoms with Crippen LogP contribution in [0.15, 0.2) is 18.2 Å². The third-order valence-electron chi connectivity index (χ3n) is 2.09. The van der Waals surface area contributed by atoms with E-state index in [9.17, 15) is 5.11 Å². The molecule has 6 heteroatoms. The number of nitriles is 1. The first-order valence-electron chi connectivity index (χ1n) is 4.24. The molecule has 2 atom stereocenters. The molecule has 0 spiro atoms. The normalized spacial score (nSPS) is 16.2. The Kier molecular flexibility index (Phi) is 5.09. The molecule has 0 aliphatic rings.